The van der Waals surface area contributed by atoms with Gasteiger partial charge in [0.05, 0.1) is 0 Å². The molecule has 0 saturated heterocycles. The van der Waals surface area contributed by atoms with E-state index in [4.69, 9.17) is 0 Å². The van der Waals surface area contributed by atoms with Gasteiger partial charge in [-0.15, -0.1) is 0 Å². The highest BCUT2D eigenvalue weighted by atomic mass is 14.8. The third-order valence-corrected chi connectivity index (χ3v) is 4.40. The summed E-state index contributed by atoms with van der Waals surface area (Å²) in [4.78, 5) is 0. The maximum Gasteiger partial charge on any atom is -0.00180 e. The van der Waals surface area contributed by atoms with Gasteiger partial charge >= 0.3 is 0 Å². The van der Waals surface area contributed by atoms with Crippen LogP contribution < -0.4 is 5.32 Å². The molecule has 2 atom stereocenters. The van der Waals surface area contributed by atoms with Gasteiger partial charge in [-0.2, -0.15) is 0 Å². The zero-order valence-electron chi connectivity index (χ0n) is 12.1. The summed E-state index contributed by atoms with van der Waals surface area (Å²) in [5.74, 6) is 2.01. The second kappa shape index (κ2) is 9.94. The van der Waals surface area contributed by atoms with Gasteiger partial charge in [0, 0.05) is 0 Å². The van der Waals surface area contributed by atoms with Crippen molar-refractivity contribution in [2.75, 3.05) is 13.1 Å². The van der Waals surface area contributed by atoms with Crippen molar-refractivity contribution in [1.29, 1.82) is 0 Å². The van der Waals surface area contributed by atoms with Crippen molar-refractivity contribution in [3.05, 3.63) is 0 Å². The summed E-state index contributed by atoms with van der Waals surface area (Å²) in [6.07, 6.45) is 14.7. The van der Waals surface area contributed by atoms with Crippen LogP contribution >= 0.6 is 0 Å². The van der Waals surface area contributed by atoms with E-state index in [0.717, 1.165) is 18.4 Å². The summed E-state index contributed by atoms with van der Waals surface area (Å²) in [6.45, 7) is 6.94. The lowest BCUT2D eigenvalue weighted by atomic mass is 9.76. The molecule has 0 bridgehead atoms. The molecule has 0 amide bonds. The molecule has 0 aliphatic heterocycles. The van der Waals surface area contributed by atoms with Crippen LogP contribution in [-0.2, 0) is 0 Å². The van der Waals surface area contributed by atoms with Crippen molar-refractivity contribution in [2.24, 2.45) is 11.8 Å². The quantitative estimate of drug-likeness (QED) is 0.572. The first-order valence-electron chi connectivity index (χ1n) is 8.09. The number of unbranched alkanes of at least 4 members (excludes halogenated alkanes) is 4. The van der Waals surface area contributed by atoms with E-state index in [-0.39, 0.29) is 0 Å². The van der Waals surface area contributed by atoms with Crippen LogP contribution in [0.3, 0.4) is 0 Å². The monoisotopic (exact) mass is 239 g/mol. The Bertz CT molecular complexity index is 167. The zero-order valence-corrected chi connectivity index (χ0v) is 12.1. The maximum atomic E-state index is 3.56. The van der Waals surface area contributed by atoms with E-state index in [0.29, 0.717) is 0 Å². The second-order valence-electron chi connectivity index (χ2n) is 5.82. The Balaban J connectivity index is 2.13. The highest BCUT2D eigenvalue weighted by molar-refractivity contribution is 4.77. The topological polar surface area (TPSA) is 12.0 Å². The molecule has 1 heteroatoms. The molecule has 17 heavy (non-hydrogen) atoms. The van der Waals surface area contributed by atoms with Gasteiger partial charge in [0.2, 0.25) is 0 Å². The zero-order chi connectivity index (χ0) is 12.3. The molecule has 2 unspecified atom stereocenters. The van der Waals surface area contributed by atoms with Crippen LogP contribution in [0.2, 0.25) is 0 Å². The minimum atomic E-state index is 0.981. The van der Waals surface area contributed by atoms with Crippen LogP contribution in [-0.4, -0.2) is 13.1 Å². The predicted molar refractivity (Wildman–Crippen MR) is 77.4 cm³/mol. The van der Waals surface area contributed by atoms with Crippen molar-refractivity contribution in [3.8, 4) is 0 Å². The fourth-order valence-electron chi connectivity index (χ4n) is 3.27. The molecule has 1 saturated carbocycles. The summed E-state index contributed by atoms with van der Waals surface area (Å²) < 4.78 is 0. The van der Waals surface area contributed by atoms with Crippen LogP contribution in [0.4, 0.5) is 0 Å². The lowest BCUT2D eigenvalue weighted by Gasteiger charge is -2.32. The fraction of sp³-hybridized carbons (Fsp3) is 1.00. The van der Waals surface area contributed by atoms with Crippen molar-refractivity contribution in [2.45, 2.75) is 78.1 Å². The van der Waals surface area contributed by atoms with Gasteiger partial charge in [-0.1, -0.05) is 71.6 Å². The molecular formula is C16H33N. The summed E-state index contributed by atoms with van der Waals surface area (Å²) in [6, 6.07) is 0. The van der Waals surface area contributed by atoms with Crippen molar-refractivity contribution in [3.63, 3.8) is 0 Å². The summed E-state index contributed by atoms with van der Waals surface area (Å²) in [5, 5.41) is 3.56. The average molecular weight is 239 g/mol. The molecule has 0 aromatic carbocycles. The highest BCUT2D eigenvalue weighted by Gasteiger charge is 2.23. The van der Waals surface area contributed by atoms with E-state index in [9.17, 15) is 0 Å². The fourth-order valence-corrected chi connectivity index (χ4v) is 3.27. The van der Waals surface area contributed by atoms with Crippen LogP contribution in [0.15, 0.2) is 0 Å². The minimum Gasteiger partial charge on any atom is -0.317 e. The second-order valence-corrected chi connectivity index (χ2v) is 5.82. The molecule has 102 valence electrons. The summed E-state index contributed by atoms with van der Waals surface area (Å²) in [5.41, 5.74) is 0. The van der Waals surface area contributed by atoms with Crippen LogP contribution in [0.1, 0.15) is 78.1 Å². The van der Waals surface area contributed by atoms with Crippen LogP contribution in [0, 0.1) is 11.8 Å². The lowest BCUT2D eigenvalue weighted by molar-refractivity contribution is 0.213. The van der Waals surface area contributed by atoms with E-state index in [2.05, 4.69) is 19.2 Å². The minimum absolute atomic E-state index is 0.981. The first-order valence-corrected chi connectivity index (χ1v) is 8.09. The molecule has 0 heterocycles. The molecule has 1 fully saturated rings. The normalized spacial score (nSPS) is 25.1. The number of hydrogen-bond donors (Lipinski definition) is 1. The van der Waals surface area contributed by atoms with Gasteiger partial charge in [0.1, 0.15) is 0 Å². The Hall–Kier alpha value is -0.0400. The summed E-state index contributed by atoms with van der Waals surface area (Å²) >= 11 is 0. The molecular weight excluding hydrogens is 206 g/mol. The van der Waals surface area contributed by atoms with Gasteiger partial charge in [-0.3, -0.25) is 0 Å². The van der Waals surface area contributed by atoms with Gasteiger partial charge in [-0.05, 0) is 31.3 Å². The smallest absolute Gasteiger partial charge is 0.00180 e. The van der Waals surface area contributed by atoms with E-state index in [1.807, 2.05) is 0 Å². The average Bonchev–Trinajstić information content (AvgIpc) is 2.37. The van der Waals surface area contributed by atoms with E-state index >= 15 is 0 Å². The first-order chi connectivity index (χ1) is 8.38. The largest absolute Gasteiger partial charge is 0.317 e. The molecule has 0 radical (unpaired) electrons. The Labute approximate surface area is 109 Å². The third kappa shape index (κ3) is 6.45. The van der Waals surface area contributed by atoms with Crippen LogP contribution in [0.5, 0.6) is 0 Å². The molecule has 1 N–H and O–H groups in total. The Morgan fingerprint density at radius 1 is 0.882 bits per heavy atom. The number of hydrogen-bond acceptors (Lipinski definition) is 1. The standard InChI is InChI=1S/C16H33N/c1-3-5-6-7-8-11-15-12-9-10-13-16(15)14-17-4-2/h15-17H,3-14H2,1-2H3. The SMILES string of the molecule is CCCCCCCC1CCCCC1CNCC. The third-order valence-electron chi connectivity index (χ3n) is 4.40. The van der Waals surface area contributed by atoms with E-state index in [1.54, 1.807) is 0 Å². The van der Waals surface area contributed by atoms with Gasteiger partial charge in [0.15, 0.2) is 0 Å². The van der Waals surface area contributed by atoms with Gasteiger partial charge in [0.25, 0.3) is 0 Å². The van der Waals surface area contributed by atoms with Gasteiger partial charge < -0.3 is 5.32 Å². The van der Waals surface area contributed by atoms with Crippen molar-refractivity contribution < 1.29 is 0 Å². The molecule has 0 spiro atoms. The molecule has 0 aromatic rings. The lowest BCUT2D eigenvalue weighted by Crippen LogP contribution is -2.30. The Kier molecular flexibility index (Phi) is 8.78. The first kappa shape index (κ1) is 15.0. The van der Waals surface area contributed by atoms with Crippen molar-refractivity contribution >= 4 is 0 Å². The molecule has 1 aliphatic rings. The predicted octanol–water partition coefficient (Wildman–Crippen LogP) is 4.76. The van der Waals surface area contributed by atoms with Crippen molar-refractivity contribution in [1.82, 2.24) is 5.32 Å². The van der Waals surface area contributed by atoms with Gasteiger partial charge in [-0.25, -0.2) is 0 Å². The molecule has 1 nitrogen and oxygen atoms in total. The summed E-state index contributed by atoms with van der Waals surface area (Å²) in [7, 11) is 0. The molecule has 1 aliphatic carbocycles. The van der Waals surface area contributed by atoms with E-state index < -0.39 is 0 Å². The molecule has 0 aromatic heterocycles. The van der Waals surface area contributed by atoms with E-state index in [1.165, 1.54) is 70.8 Å². The molecule has 1 rings (SSSR count). The maximum absolute atomic E-state index is 3.56. The Morgan fingerprint density at radius 2 is 1.59 bits per heavy atom. The Morgan fingerprint density at radius 3 is 2.29 bits per heavy atom. The number of rotatable bonds is 9. The number of nitrogens with one attached hydrogen (secondary N) is 1. The highest BCUT2D eigenvalue weighted by Crippen LogP contribution is 2.33. The van der Waals surface area contributed by atoms with Crippen LogP contribution in [0.25, 0.3) is 0 Å².